The summed E-state index contributed by atoms with van der Waals surface area (Å²) in [6.07, 6.45) is 7.00. The topological polar surface area (TPSA) is 62.5 Å². The van der Waals surface area contributed by atoms with Crippen molar-refractivity contribution in [1.29, 1.82) is 0 Å². The molecule has 2 aromatic heterocycles. The molecule has 0 aromatic carbocycles. The summed E-state index contributed by atoms with van der Waals surface area (Å²) in [6, 6.07) is 3.84. The van der Waals surface area contributed by atoms with Crippen LogP contribution < -0.4 is 4.90 Å². The molecule has 0 radical (unpaired) electrons. The predicted octanol–water partition coefficient (Wildman–Crippen LogP) is 2.25. The van der Waals surface area contributed by atoms with Crippen LogP contribution in [0.1, 0.15) is 24.4 Å². The molecule has 1 aliphatic heterocycles. The minimum Gasteiger partial charge on any atom is -0.464 e. The summed E-state index contributed by atoms with van der Waals surface area (Å²) in [5.41, 5.74) is 0. The van der Waals surface area contributed by atoms with E-state index in [1.54, 1.807) is 23.5 Å². The summed E-state index contributed by atoms with van der Waals surface area (Å²) in [6.45, 7) is 4.03. The number of piperidine rings is 1. The lowest BCUT2D eigenvalue weighted by atomic mass is 9.96. The molecule has 2 aromatic rings. The van der Waals surface area contributed by atoms with Gasteiger partial charge in [0.15, 0.2) is 0 Å². The van der Waals surface area contributed by atoms with Crippen molar-refractivity contribution in [2.24, 2.45) is 5.92 Å². The molecule has 0 aliphatic carbocycles. The third kappa shape index (κ3) is 3.70. The third-order valence-electron chi connectivity index (χ3n) is 4.21. The highest BCUT2D eigenvalue weighted by molar-refractivity contribution is 5.79. The largest absolute Gasteiger partial charge is 0.464 e. The highest BCUT2D eigenvalue weighted by atomic mass is 16.3. The lowest BCUT2D eigenvalue weighted by molar-refractivity contribution is -0.135. The SMILES string of the molecule is Cc1ccc(CN(C)C(=O)[C@@H]2CCCN(c3cnccn3)C2)o1. The second-order valence-corrected chi connectivity index (χ2v) is 6.06. The zero-order chi connectivity index (χ0) is 16.2. The molecule has 0 bridgehead atoms. The van der Waals surface area contributed by atoms with Crippen molar-refractivity contribution in [3.63, 3.8) is 0 Å². The maximum atomic E-state index is 12.7. The average Bonchev–Trinajstić information content (AvgIpc) is 3.00. The highest BCUT2D eigenvalue weighted by Gasteiger charge is 2.29. The number of anilines is 1. The predicted molar refractivity (Wildman–Crippen MR) is 86.9 cm³/mol. The number of aryl methyl sites for hydroxylation is 1. The zero-order valence-corrected chi connectivity index (χ0v) is 13.6. The Morgan fingerprint density at radius 3 is 3.00 bits per heavy atom. The van der Waals surface area contributed by atoms with Crippen molar-refractivity contribution >= 4 is 11.7 Å². The molecule has 0 saturated carbocycles. The van der Waals surface area contributed by atoms with Crippen LogP contribution in [0, 0.1) is 12.8 Å². The lowest BCUT2D eigenvalue weighted by Crippen LogP contribution is -2.43. The van der Waals surface area contributed by atoms with Gasteiger partial charge in [0.1, 0.15) is 17.3 Å². The molecule has 6 nitrogen and oxygen atoms in total. The molecule has 122 valence electrons. The molecule has 1 saturated heterocycles. The molecule has 23 heavy (non-hydrogen) atoms. The van der Waals surface area contributed by atoms with Gasteiger partial charge in [-0.25, -0.2) is 4.98 Å². The van der Waals surface area contributed by atoms with E-state index in [-0.39, 0.29) is 11.8 Å². The van der Waals surface area contributed by atoms with Crippen molar-refractivity contribution in [2.75, 3.05) is 25.0 Å². The van der Waals surface area contributed by atoms with Gasteiger partial charge in [-0.05, 0) is 31.9 Å². The van der Waals surface area contributed by atoms with Crippen LogP contribution in [-0.4, -0.2) is 40.9 Å². The van der Waals surface area contributed by atoms with Crippen molar-refractivity contribution in [2.45, 2.75) is 26.3 Å². The van der Waals surface area contributed by atoms with Crippen molar-refractivity contribution < 1.29 is 9.21 Å². The first-order valence-electron chi connectivity index (χ1n) is 7.95. The van der Waals surface area contributed by atoms with Gasteiger partial charge in [-0.15, -0.1) is 0 Å². The number of furan rings is 1. The first kappa shape index (κ1) is 15.5. The van der Waals surface area contributed by atoms with E-state index in [0.29, 0.717) is 13.1 Å². The molecule has 0 unspecified atom stereocenters. The Morgan fingerprint density at radius 2 is 2.30 bits per heavy atom. The number of rotatable bonds is 4. The van der Waals surface area contributed by atoms with Crippen LogP contribution in [0.4, 0.5) is 5.82 Å². The third-order valence-corrected chi connectivity index (χ3v) is 4.21. The van der Waals surface area contributed by atoms with Gasteiger partial charge in [-0.1, -0.05) is 0 Å². The van der Waals surface area contributed by atoms with Crippen LogP contribution >= 0.6 is 0 Å². The van der Waals surface area contributed by atoms with Crippen LogP contribution in [0.3, 0.4) is 0 Å². The number of aromatic nitrogens is 2. The molecular formula is C17H22N4O2. The van der Waals surface area contributed by atoms with Crippen LogP contribution in [0.2, 0.25) is 0 Å². The maximum Gasteiger partial charge on any atom is 0.227 e. The number of amides is 1. The number of carbonyl (C=O) groups is 1. The second-order valence-electron chi connectivity index (χ2n) is 6.06. The Bertz CT molecular complexity index is 656. The van der Waals surface area contributed by atoms with Crippen molar-refractivity contribution in [1.82, 2.24) is 14.9 Å². The van der Waals surface area contributed by atoms with Gasteiger partial charge in [-0.2, -0.15) is 0 Å². The zero-order valence-electron chi connectivity index (χ0n) is 13.6. The molecule has 6 heteroatoms. The summed E-state index contributed by atoms with van der Waals surface area (Å²) < 4.78 is 5.56. The van der Waals surface area contributed by atoms with Gasteiger partial charge in [0, 0.05) is 32.5 Å². The van der Waals surface area contributed by atoms with Crippen molar-refractivity contribution in [3.05, 3.63) is 42.2 Å². The number of hydrogen-bond donors (Lipinski definition) is 0. The second kappa shape index (κ2) is 6.81. The quantitative estimate of drug-likeness (QED) is 0.866. The minimum absolute atomic E-state index is 0.00758. The Kier molecular flexibility index (Phi) is 4.60. The van der Waals surface area contributed by atoms with E-state index in [1.807, 2.05) is 26.1 Å². The molecule has 0 N–H and O–H groups in total. The van der Waals surface area contributed by atoms with E-state index in [1.165, 1.54) is 0 Å². The molecule has 1 fully saturated rings. The Hall–Kier alpha value is -2.37. The molecule has 1 aliphatic rings. The van der Waals surface area contributed by atoms with Crippen LogP contribution in [0.5, 0.6) is 0 Å². The first-order chi connectivity index (χ1) is 11.1. The summed E-state index contributed by atoms with van der Waals surface area (Å²) >= 11 is 0. The molecule has 1 amide bonds. The van der Waals surface area contributed by atoms with E-state index in [4.69, 9.17) is 4.42 Å². The molecule has 3 heterocycles. The molecule has 1 atom stereocenters. The Morgan fingerprint density at radius 1 is 1.43 bits per heavy atom. The molecular weight excluding hydrogens is 292 g/mol. The standard InChI is InChI=1S/C17H22N4O2/c1-13-5-6-15(23-13)12-20(2)17(22)14-4-3-9-21(11-14)16-10-18-7-8-19-16/h5-8,10,14H,3-4,9,11-12H2,1-2H3/t14-/m1/s1. The number of nitrogens with zero attached hydrogens (tertiary/aromatic N) is 4. The lowest BCUT2D eigenvalue weighted by Gasteiger charge is -2.34. The normalized spacial score (nSPS) is 18.0. The fraction of sp³-hybridized carbons (Fsp3) is 0.471. The van der Waals surface area contributed by atoms with E-state index in [0.717, 1.165) is 36.7 Å². The fourth-order valence-corrected chi connectivity index (χ4v) is 3.03. The smallest absolute Gasteiger partial charge is 0.227 e. The Labute approximate surface area is 136 Å². The highest BCUT2D eigenvalue weighted by Crippen LogP contribution is 2.23. The fourth-order valence-electron chi connectivity index (χ4n) is 3.03. The van der Waals surface area contributed by atoms with Gasteiger partial charge in [-0.3, -0.25) is 9.78 Å². The Balaban J connectivity index is 1.62. The monoisotopic (exact) mass is 314 g/mol. The number of carbonyl (C=O) groups excluding carboxylic acids is 1. The molecule has 3 rings (SSSR count). The minimum atomic E-state index is -0.00758. The summed E-state index contributed by atoms with van der Waals surface area (Å²) in [7, 11) is 1.83. The summed E-state index contributed by atoms with van der Waals surface area (Å²) in [5, 5.41) is 0. The van der Waals surface area contributed by atoms with Gasteiger partial charge in [0.05, 0.1) is 18.7 Å². The van der Waals surface area contributed by atoms with Gasteiger partial charge in [0.25, 0.3) is 0 Å². The van der Waals surface area contributed by atoms with Crippen LogP contribution in [0.15, 0.2) is 35.1 Å². The van der Waals surface area contributed by atoms with E-state index >= 15 is 0 Å². The number of hydrogen-bond acceptors (Lipinski definition) is 5. The van der Waals surface area contributed by atoms with Crippen LogP contribution in [0.25, 0.3) is 0 Å². The summed E-state index contributed by atoms with van der Waals surface area (Å²) in [5.74, 6) is 2.68. The van der Waals surface area contributed by atoms with E-state index in [2.05, 4.69) is 14.9 Å². The average molecular weight is 314 g/mol. The van der Waals surface area contributed by atoms with Crippen molar-refractivity contribution in [3.8, 4) is 0 Å². The van der Waals surface area contributed by atoms with E-state index in [9.17, 15) is 4.79 Å². The van der Waals surface area contributed by atoms with E-state index < -0.39 is 0 Å². The molecule has 0 spiro atoms. The maximum absolute atomic E-state index is 12.7. The summed E-state index contributed by atoms with van der Waals surface area (Å²) in [4.78, 5) is 25.0. The van der Waals surface area contributed by atoms with Gasteiger partial charge < -0.3 is 14.2 Å². The first-order valence-corrected chi connectivity index (χ1v) is 7.95. The van der Waals surface area contributed by atoms with Crippen LogP contribution in [-0.2, 0) is 11.3 Å². The van der Waals surface area contributed by atoms with Gasteiger partial charge >= 0.3 is 0 Å². The van der Waals surface area contributed by atoms with Gasteiger partial charge in [0.2, 0.25) is 5.91 Å².